The average molecular weight is 190 g/mol. The Balaban J connectivity index is 2.09. The van der Waals surface area contributed by atoms with Crippen molar-refractivity contribution in [2.45, 2.75) is 12.5 Å². The van der Waals surface area contributed by atoms with E-state index in [0.717, 1.165) is 6.42 Å². The van der Waals surface area contributed by atoms with Crippen molar-refractivity contribution in [1.82, 2.24) is 4.31 Å². The normalized spacial score (nSPS) is 42.3. The molecule has 0 amide bonds. The van der Waals surface area contributed by atoms with Crippen LogP contribution in [0.25, 0.3) is 0 Å². The number of piperidine rings is 2. The van der Waals surface area contributed by atoms with Gasteiger partial charge in [0.05, 0.1) is 6.26 Å². The molecule has 2 unspecified atom stereocenters. The van der Waals surface area contributed by atoms with E-state index in [2.05, 4.69) is 0 Å². The van der Waals surface area contributed by atoms with Gasteiger partial charge in [-0.1, -0.05) is 0 Å². The number of nitrogens with two attached hydrogens (primary N) is 1. The van der Waals surface area contributed by atoms with Crippen LogP contribution >= 0.6 is 0 Å². The zero-order chi connectivity index (χ0) is 8.93. The summed E-state index contributed by atoms with van der Waals surface area (Å²) in [6.45, 7) is 1.27. The number of rotatable bonds is 1. The molecule has 2 bridgehead atoms. The summed E-state index contributed by atoms with van der Waals surface area (Å²) in [4.78, 5) is 0. The molecule has 3 rings (SSSR count). The smallest absolute Gasteiger partial charge is 0.211 e. The van der Waals surface area contributed by atoms with E-state index >= 15 is 0 Å². The van der Waals surface area contributed by atoms with Crippen molar-refractivity contribution < 1.29 is 8.42 Å². The Morgan fingerprint density at radius 2 is 1.83 bits per heavy atom. The van der Waals surface area contributed by atoms with Gasteiger partial charge in [0.2, 0.25) is 10.0 Å². The van der Waals surface area contributed by atoms with Crippen molar-refractivity contribution in [2.24, 2.45) is 17.6 Å². The highest BCUT2D eigenvalue weighted by Crippen LogP contribution is 2.39. The zero-order valence-electron chi connectivity index (χ0n) is 7.10. The van der Waals surface area contributed by atoms with E-state index in [4.69, 9.17) is 5.73 Å². The quantitative estimate of drug-likeness (QED) is 0.590. The lowest BCUT2D eigenvalue weighted by Crippen LogP contribution is -2.62. The molecule has 5 heteroatoms. The summed E-state index contributed by atoms with van der Waals surface area (Å²) in [6, 6.07) is 0.253. The summed E-state index contributed by atoms with van der Waals surface area (Å²) in [5, 5.41) is 0. The molecule has 1 aliphatic carbocycles. The average Bonchev–Trinajstić information content (AvgIpc) is 2.02. The Bertz CT molecular complexity index is 276. The van der Waals surface area contributed by atoms with E-state index in [0.29, 0.717) is 24.9 Å². The molecule has 70 valence electrons. The summed E-state index contributed by atoms with van der Waals surface area (Å²) in [7, 11) is -2.97. The Hall–Kier alpha value is -0.130. The number of fused-ring (bicyclic) bond motifs is 2. The topological polar surface area (TPSA) is 63.4 Å². The largest absolute Gasteiger partial charge is 0.327 e. The second-order valence-electron chi connectivity index (χ2n) is 3.91. The van der Waals surface area contributed by atoms with Crippen LogP contribution in [0.2, 0.25) is 0 Å². The number of sulfonamides is 1. The molecule has 2 N–H and O–H groups in total. The van der Waals surface area contributed by atoms with Gasteiger partial charge in [-0.15, -0.1) is 0 Å². The first-order valence-electron chi connectivity index (χ1n) is 4.19. The molecular weight excluding hydrogens is 176 g/mol. The third kappa shape index (κ3) is 1.16. The van der Waals surface area contributed by atoms with Crippen LogP contribution in [0.3, 0.4) is 0 Å². The molecule has 12 heavy (non-hydrogen) atoms. The Morgan fingerprint density at radius 1 is 1.33 bits per heavy atom. The molecule has 3 fully saturated rings. The monoisotopic (exact) mass is 190 g/mol. The molecule has 2 heterocycles. The van der Waals surface area contributed by atoms with E-state index in [1.54, 1.807) is 4.31 Å². The van der Waals surface area contributed by atoms with Crippen LogP contribution in [0.4, 0.5) is 0 Å². The van der Waals surface area contributed by atoms with Crippen molar-refractivity contribution in [2.75, 3.05) is 19.3 Å². The van der Waals surface area contributed by atoms with Crippen LogP contribution in [0.15, 0.2) is 0 Å². The highest BCUT2D eigenvalue weighted by Gasteiger charge is 2.46. The van der Waals surface area contributed by atoms with Crippen LogP contribution < -0.4 is 5.73 Å². The second kappa shape index (κ2) is 2.43. The summed E-state index contributed by atoms with van der Waals surface area (Å²) in [5.41, 5.74) is 5.81. The Kier molecular flexibility index (Phi) is 1.72. The molecule has 2 saturated heterocycles. The third-order valence-corrected chi connectivity index (χ3v) is 4.28. The van der Waals surface area contributed by atoms with Gasteiger partial charge < -0.3 is 5.73 Å². The molecule has 0 spiro atoms. The second-order valence-corrected chi connectivity index (χ2v) is 5.90. The summed E-state index contributed by atoms with van der Waals surface area (Å²) in [5.74, 6) is 0.831. The molecule has 3 aliphatic rings. The maximum absolute atomic E-state index is 11.1. The van der Waals surface area contributed by atoms with Gasteiger partial charge in [-0.05, 0) is 18.3 Å². The highest BCUT2D eigenvalue weighted by molar-refractivity contribution is 7.88. The SMILES string of the molecule is CS(=O)(=O)N1CC2CC(C1)C2N. The van der Waals surface area contributed by atoms with Crippen LogP contribution in [0.1, 0.15) is 6.42 Å². The number of hydrogen-bond donors (Lipinski definition) is 1. The molecular formula is C7H14N2O2S. The lowest BCUT2D eigenvalue weighted by Gasteiger charge is -2.51. The fourth-order valence-corrected chi connectivity index (χ4v) is 3.08. The zero-order valence-corrected chi connectivity index (χ0v) is 7.92. The van der Waals surface area contributed by atoms with Gasteiger partial charge in [-0.2, -0.15) is 0 Å². The molecule has 1 saturated carbocycles. The summed E-state index contributed by atoms with van der Waals surface area (Å²) in [6.07, 6.45) is 2.39. The molecule has 0 aromatic heterocycles. The molecule has 0 radical (unpaired) electrons. The predicted molar refractivity (Wildman–Crippen MR) is 46.0 cm³/mol. The lowest BCUT2D eigenvalue weighted by atomic mass is 9.67. The minimum atomic E-state index is -2.97. The summed E-state index contributed by atoms with van der Waals surface area (Å²) >= 11 is 0. The van der Waals surface area contributed by atoms with Crippen molar-refractivity contribution >= 4 is 10.0 Å². The number of nitrogens with zero attached hydrogens (tertiary/aromatic N) is 1. The van der Waals surface area contributed by atoms with Gasteiger partial charge in [-0.3, -0.25) is 0 Å². The van der Waals surface area contributed by atoms with Crippen molar-refractivity contribution in [3.05, 3.63) is 0 Å². The van der Waals surface area contributed by atoms with Gasteiger partial charge in [-0.25, -0.2) is 12.7 Å². The van der Waals surface area contributed by atoms with Crippen LogP contribution in [-0.2, 0) is 10.0 Å². The fourth-order valence-electron chi connectivity index (χ4n) is 2.15. The molecule has 0 aromatic carbocycles. The van der Waals surface area contributed by atoms with Gasteiger partial charge in [0.25, 0.3) is 0 Å². The van der Waals surface area contributed by atoms with E-state index in [1.807, 2.05) is 0 Å². The predicted octanol–water partition coefficient (Wildman–Crippen LogP) is -0.775. The fraction of sp³-hybridized carbons (Fsp3) is 1.00. The summed E-state index contributed by atoms with van der Waals surface area (Å²) < 4.78 is 23.8. The molecule has 2 atom stereocenters. The van der Waals surface area contributed by atoms with Crippen LogP contribution in [-0.4, -0.2) is 38.1 Å². The number of hydrogen-bond acceptors (Lipinski definition) is 3. The van der Waals surface area contributed by atoms with Gasteiger partial charge in [0, 0.05) is 19.1 Å². The first-order chi connectivity index (χ1) is 5.48. The molecule has 4 nitrogen and oxygen atoms in total. The van der Waals surface area contributed by atoms with Crippen LogP contribution in [0.5, 0.6) is 0 Å². The van der Waals surface area contributed by atoms with Gasteiger partial charge >= 0.3 is 0 Å². The van der Waals surface area contributed by atoms with E-state index in [1.165, 1.54) is 6.26 Å². The first kappa shape index (κ1) is 8.47. The standard InChI is InChI=1S/C7H14N2O2S/c1-12(10,11)9-3-5-2-6(4-9)7(5)8/h5-7H,2-4,8H2,1H3. The minimum absolute atomic E-state index is 0.253. The maximum atomic E-state index is 11.1. The Morgan fingerprint density at radius 3 is 2.17 bits per heavy atom. The van der Waals surface area contributed by atoms with Gasteiger partial charge in [0.1, 0.15) is 0 Å². The van der Waals surface area contributed by atoms with E-state index in [9.17, 15) is 8.42 Å². The van der Waals surface area contributed by atoms with E-state index < -0.39 is 10.0 Å². The lowest BCUT2D eigenvalue weighted by molar-refractivity contribution is 0.0461. The van der Waals surface area contributed by atoms with Crippen molar-refractivity contribution in [1.29, 1.82) is 0 Å². The molecule has 2 aliphatic heterocycles. The van der Waals surface area contributed by atoms with Crippen molar-refractivity contribution in [3.8, 4) is 0 Å². The highest BCUT2D eigenvalue weighted by atomic mass is 32.2. The van der Waals surface area contributed by atoms with E-state index in [-0.39, 0.29) is 6.04 Å². The first-order valence-corrected chi connectivity index (χ1v) is 6.04. The third-order valence-electron chi connectivity index (χ3n) is 3.04. The van der Waals surface area contributed by atoms with Crippen molar-refractivity contribution in [3.63, 3.8) is 0 Å². The van der Waals surface area contributed by atoms with Gasteiger partial charge in [0.15, 0.2) is 0 Å². The molecule has 0 aromatic rings. The maximum Gasteiger partial charge on any atom is 0.211 e. The minimum Gasteiger partial charge on any atom is -0.327 e. The Labute approximate surface area is 72.8 Å². The van der Waals surface area contributed by atoms with Crippen LogP contribution in [0, 0.1) is 11.8 Å².